The van der Waals surface area contributed by atoms with Crippen molar-refractivity contribution in [3.63, 3.8) is 0 Å². The molecule has 2 heterocycles. The molecule has 0 saturated heterocycles. The minimum Gasteiger partial charge on any atom is -0.483 e. The first kappa shape index (κ1) is 18.4. The van der Waals surface area contributed by atoms with Gasteiger partial charge >= 0.3 is 6.18 Å². The van der Waals surface area contributed by atoms with E-state index in [0.717, 1.165) is 12.1 Å². The van der Waals surface area contributed by atoms with Crippen LogP contribution in [-0.2, 0) is 6.18 Å². The van der Waals surface area contributed by atoms with Crippen molar-refractivity contribution < 1.29 is 22.3 Å². The molecule has 4 rings (SSSR count). The molecule has 144 valence electrons. The molecule has 0 aliphatic rings. The molecule has 0 fully saturated rings. The standard InChI is InChI=1S/C18H12F4N4OS/c1-10(27-14-8-6-13(19)7-9-14)16-25-26-15(23-24-17(26)28-16)11-2-4-12(5-3-11)18(20,21)22/h2-10H,1H3/t10-/m1/s1. The van der Waals surface area contributed by atoms with Gasteiger partial charge in [0.25, 0.3) is 0 Å². The van der Waals surface area contributed by atoms with Crippen molar-refractivity contribution in [2.24, 2.45) is 0 Å². The molecule has 5 nitrogen and oxygen atoms in total. The third kappa shape index (κ3) is 3.55. The van der Waals surface area contributed by atoms with E-state index in [2.05, 4.69) is 15.3 Å². The van der Waals surface area contributed by atoms with Gasteiger partial charge in [0, 0.05) is 5.56 Å². The highest BCUT2D eigenvalue weighted by atomic mass is 32.1. The third-order valence-electron chi connectivity index (χ3n) is 3.95. The molecule has 0 aliphatic carbocycles. The van der Waals surface area contributed by atoms with Crippen LogP contribution in [0, 0.1) is 5.82 Å². The summed E-state index contributed by atoms with van der Waals surface area (Å²) < 4.78 is 58.4. The quantitative estimate of drug-likeness (QED) is 0.438. The highest BCUT2D eigenvalue weighted by Gasteiger charge is 2.30. The molecule has 0 aliphatic heterocycles. The molecule has 2 aromatic heterocycles. The van der Waals surface area contributed by atoms with Gasteiger partial charge in [0.2, 0.25) is 4.96 Å². The van der Waals surface area contributed by atoms with Crippen LogP contribution in [0.5, 0.6) is 5.75 Å². The van der Waals surface area contributed by atoms with E-state index in [0.29, 0.717) is 27.1 Å². The van der Waals surface area contributed by atoms with Crippen molar-refractivity contribution in [2.45, 2.75) is 19.2 Å². The van der Waals surface area contributed by atoms with Gasteiger partial charge in [-0.3, -0.25) is 0 Å². The van der Waals surface area contributed by atoms with E-state index in [1.807, 2.05) is 0 Å². The summed E-state index contributed by atoms with van der Waals surface area (Å²) >= 11 is 1.25. The molecule has 0 unspecified atom stereocenters. The molecule has 10 heteroatoms. The van der Waals surface area contributed by atoms with Gasteiger partial charge in [-0.2, -0.15) is 22.8 Å². The first-order valence-electron chi connectivity index (χ1n) is 8.13. The molecule has 0 N–H and O–H groups in total. The number of alkyl halides is 3. The third-order valence-corrected chi connectivity index (χ3v) is 5.01. The van der Waals surface area contributed by atoms with Crippen LogP contribution in [0.25, 0.3) is 16.3 Å². The minimum absolute atomic E-state index is 0.334. The van der Waals surface area contributed by atoms with Gasteiger partial charge in [-0.1, -0.05) is 23.5 Å². The van der Waals surface area contributed by atoms with Crippen molar-refractivity contribution in [3.8, 4) is 17.1 Å². The molecule has 1 atom stereocenters. The molecule has 4 aromatic rings. The van der Waals surface area contributed by atoms with Crippen LogP contribution in [0.3, 0.4) is 0 Å². The number of benzene rings is 2. The average Bonchev–Trinajstić information content (AvgIpc) is 3.24. The second kappa shape index (κ2) is 6.86. The Balaban J connectivity index is 1.60. The molecular formula is C18H12F4N4OS. The van der Waals surface area contributed by atoms with Crippen molar-refractivity contribution in [1.82, 2.24) is 19.8 Å². The zero-order chi connectivity index (χ0) is 19.9. The van der Waals surface area contributed by atoms with E-state index in [4.69, 9.17) is 4.74 Å². The Labute approximate surface area is 160 Å². The zero-order valence-corrected chi connectivity index (χ0v) is 15.1. The van der Waals surface area contributed by atoms with E-state index in [-0.39, 0.29) is 5.82 Å². The first-order valence-corrected chi connectivity index (χ1v) is 8.95. The summed E-state index contributed by atoms with van der Waals surface area (Å²) in [5, 5.41) is 13.1. The topological polar surface area (TPSA) is 52.3 Å². The lowest BCUT2D eigenvalue weighted by Gasteiger charge is -2.11. The van der Waals surface area contributed by atoms with Gasteiger partial charge in [0.1, 0.15) is 17.7 Å². The van der Waals surface area contributed by atoms with E-state index >= 15 is 0 Å². The molecule has 0 bridgehead atoms. The maximum absolute atomic E-state index is 13.0. The zero-order valence-electron chi connectivity index (χ0n) is 14.3. The first-order chi connectivity index (χ1) is 13.3. The Morgan fingerprint density at radius 2 is 1.68 bits per heavy atom. The maximum atomic E-state index is 13.0. The van der Waals surface area contributed by atoms with Crippen molar-refractivity contribution in [3.05, 3.63) is 64.9 Å². The fourth-order valence-electron chi connectivity index (χ4n) is 2.55. The Hall–Kier alpha value is -3.01. The van der Waals surface area contributed by atoms with Gasteiger partial charge in [0.15, 0.2) is 10.8 Å². The second-order valence-corrected chi connectivity index (χ2v) is 6.93. The monoisotopic (exact) mass is 408 g/mol. The average molecular weight is 408 g/mol. The SMILES string of the molecule is C[C@@H](Oc1ccc(F)cc1)c1nn2c(-c3ccc(C(F)(F)F)cc3)nnc2s1. The number of aromatic nitrogens is 4. The van der Waals surface area contributed by atoms with Crippen LogP contribution in [0.15, 0.2) is 48.5 Å². The number of hydrogen-bond acceptors (Lipinski definition) is 5. The number of fused-ring (bicyclic) bond motifs is 1. The number of halogens is 4. The maximum Gasteiger partial charge on any atom is 0.416 e. The summed E-state index contributed by atoms with van der Waals surface area (Å²) in [4.78, 5) is 0.486. The lowest BCUT2D eigenvalue weighted by molar-refractivity contribution is -0.137. The highest BCUT2D eigenvalue weighted by molar-refractivity contribution is 7.16. The van der Waals surface area contributed by atoms with E-state index in [1.54, 1.807) is 6.92 Å². The van der Waals surface area contributed by atoms with Gasteiger partial charge in [0.05, 0.1) is 5.56 Å². The molecule has 0 spiro atoms. The lowest BCUT2D eigenvalue weighted by atomic mass is 10.1. The Bertz CT molecular complexity index is 1100. The number of hydrogen-bond donors (Lipinski definition) is 0. The largest absolute Gasteiger partial charge is 0.483 e. The fraction of sp³-hybridized carbons (Fsp3) is 0.167. The molecule has 0 amide bonds. The van der Waals surface area contributed by atoms with Gasteiger partial charge in [-0.25, -0.2) is 4.39 Å². The molecular weight excluding hydrogens is 396 g/mol. The smallest absolute Gasteiger partial charge is 0.416 e. The summed E-state index contributed by atoms with van der Waals surface area (Å²) in [6, 6.07) is 10.3. The van der Waals surface area contributed by atoms with E-state index in [9.17, 15) is 17.6 Å². The Morgan fingerprint density at radius 1 is 1.00 bits per heavy atom. The summed E-state index contributed by atoms with van der Waals surface area (Å²) in [7, 11) is 0. The fourth-order valence-corrected chi connectivity index (χ4v) is 3.37. The number of nitrogens with zero attached hydrogens (tertiary/aromatic N) is 4. The molecule has 0 radical (unpaired) electrons. The minimum atomic E-state index is -4.40. The van der Waals surface area contributed by atoms with Crippen LogP contribution in [0.1, 0.15) is 23.6 Å². The highest BCUT2D eigenvalue weighted by Crippen LogP contribution is 2.32. The predicted octanol–water partition coefficient (Wildman–Crippen LogP) is 5.15. The van der Waals surface area contributed by atoms with Gasteiger partial charge < -0.3 is 4.74 Å². The van der Waals surface area contributed by atoms with Crippen molar-refractivity contribution in [2.75, 3.05) is 0 Å². The van der Waals surface area contributed by atoms with Crippen LogP contribution in [0.2, 0.25) is 0 Å². The van der Waals surface area contributed by atoms with Crippen LogP contribution >= 0.6 is 11.3 Å². The summed E-state index contributed by atoms with van der Waals surface area (Å²) in [5.41, 5.74) is -0.276. The van der Waals surface area contributed by atoms with Gasteiger partial charge in [-0.15, -0.1) is 10.2 Å². The van der Waals surface area contributed by atoms with Crippen LogP contribution in [-0.4, -0.2) is 19.8 Å². The van der Waals surface area contributed by atoms with Crippen molar-refractivity contribution >= 4 is 16.3 Å². The molecule has 2 aromatic carbocycles. The van der Waals surface area contributed by atoms with Gasteiger partial charge in [-0.05, 0) is 43.3 Å². The van der Waals surface area contributed by atoms with Crippen molar-refractivity contribution in [1.29, 1.82) is 0 Å². The summed E-state index contributed by atoms with van der Waals surface area (Å²) in [5.74, 6) is 0.461. The Kier molecular flexibility index (Phi) is 4.50. The normalized spacial score (nSPS) is 13.0. The van der Waals surface area contributed by atoms with Crippen LogP contribution < -0.4 is 4.74 Å². The van der Waals surface area contributed by atoms with Crippen LogP contribution in [0.4, 0.5) is 17.6 Å². The number of rotatable bonds is 4. The summed E-state index contributed by atoms with van der Waals surface area (Å²) in [6.45, 7) is 1.78. The summed E-state index contributed by atoms with van der Waals surface area (Å²) in [6.07, 6.45) is -4.84. The molecule has 28 heavy (non-hydrogen) atoms. The number of ether oxygens (including phenoxy) is 1. The predicted molar refractivity (Wildman–Crippen MR) is 94.5 cm³/mol. The van der Waals surface area contributed by atoms with E-state index < -0.39 is 17.8 Å². The lowest BCUT2D eigenvalue weighted by Crippen LogP contribution is -2.05. The second-order valence-electron chi connectivity index (χ2n) is 5.95. The Morgan fingerprint density at radius 3 is 2.32 bits per heavy atom. The molecule has 0 saturated carbocycles. The van der Waals surface area contributed by atoms with E-state index in [1.165, 1.54) is 52.3 Å².